The first kappa shape index (κ1) is 8.61. The van der Waals surface area contributed by atoms with E-state index in [1.165, 1.54) is 12.3 Å². The van der Waals surface area contributed by atoms with E-state index in [0.717, 1.165) is 0 Å². The Labute approximate surface area is 69.4 Å². The van der Waals surface area contributed by atoms with Gasteiger partial charge in [0, 0.05) is 24.4 Å². The van der Waals surface area contributed by atoms with Gasteiger partial charge in [0.25, 0.3) is 5.69 Å². The Morgan fingerprint density at radius 1 is 1.75 bits per heavy atom. The van der Waals surface area contributed by atoms with E-state index in [1.54, 1.807) is 6.92 Å². The van der Waals surface area contributed by atoms with Crippen LogP contribution in [-0.2, 0) is 6.54 Å². The lowest BCUT2D eigenvalue weighted by atomic mass is 10.2. The van der Waals surface area contributed by atoms with Crippen molar-refractivity contribution in [3.05, 3.63) is 33.6 Å². The van der Waals surface area contributed by atoms with Gasteiger partial charge in [-0.15, -0.1) is 0 Å². The minimum Gasteiger partial charge on any atom is -0.325 e. The van der Waals surface area contributed by atoms with Crippen molar-refractivity contribution in [3.8, 4) is 0 Å². The van der Waals surface area contributed by atoms with E-state index in [-0.39, 0.29) is 12.2 Å². The van der Waals surface area contributed by atoms with E-state index < -0.39 is 4.92 Å². The Balaban J connectivity index is 3.23. The second kappa shape index (κ2) is 3.27. The van der Waals surface area contributed by atoms with Crippen LogP contribution in [0, 0.1) is 17.0 Å². The van der Waals surface area contributed by atoms with Crippen molar-refractivity contribution in [3.63, 3.8) is 0 Å². The Kier molecular flexibility index (Phi) is 2.35. The van der Waals surface area contributed by atoms with Crippen LogP contribution in [0.15, 0.2) is 12.3 Å². The molecule has 0 amide bonds. The minimum atomic E-state index is -0.434. The van der Waals surface area contributed by atoms with Gasteiger partial charge in [-0.25, -0.2) is 0 Å². The third-order valence-electron chi connectivity index (χ3n) is 1.67. The number of nitrogens with zero attached hydrogens (tertiary/aromatic N) is 2. The van der Waals surface area contributed by atoms with Crippen LogP contribution in [0.4, 0.5) is 5.69 Å². The lowest BCUT2D eigenvalue weighted by molar-refractivity contribution is -0.385. The van der Waals surface area contributed by atoms with Crippen LogP contribution in [0.5, 0.6) is 0 Å². The number of aromatic nitrogens is 1. The van der Waals surface area contributed by atoms with Crippen LogP contribution in [0.3, 0.4) is 0 Å². The van der Waals surface area contributed by atoms with Crippen molar-refractivity contribution in [1.29, 1.82) is 0 Å². The van der Waals surface area contributed by atoms with Crippen LogP contribution in [0.2, 0.25) is 0 Å². The van der Waals surface area contributed by atoms with Crippen molar-refractivity contribution < 1.29 is 4.92 Å². The first-order valence-corrected chi connectivity index (χ1v) is 3.45. The van der Waals surface area contributed by atoms with Gasteiger partial charge in [0.1, 0.15) is 0 Å². The first-order chi connectivity index (χ1) is 5.66. The van der Waals surface area contributed by atoms with Gasteiger partial charge in [-0.1, -0.05) is 0 Å². The van der Waals surface area contributed by atoms with E-state index in [2.05, 4.69) is 4.98 Å². The van der Waals surface area contributed by atoms with Gasteiger partial charge in [-0.05, 0) is 6.92 Å². The normalized spacial score (nSPS) is 9.83. The molecule has 1 aromatic heterocycles. The quantitative estimate of drug-likeness (QED) is 0.520. The smallest absolute Gasteiger partial charge is 0.275 e. The predicted octanol–water partition coefficient (Wildman–Crippen LogP) is 0.757. The highest BCUT2D eigenvalue weighted by Gasteiger charge is 2.12. The highest BCUT2D eigenvalue weighted by molar-refractivity contribution is 5.40. The van der Waals surface area contributed by atoms with Crippen molar-refractivity contribution >= 4 is 5.69 Å². The molecule has 64 valence electrons. The van der Waals surface area contributed by atoms with E-state index in [9.17, 15) is 10.1 Å². The highest BCUT2D eigenvalue weighted by atomic mass is 16.6. The number of hydrogen-bond acceptors (Lipinski definition) is 4. The Bertz CT molecular complexity index is 312. The fourth-order valence-corrected chi connectivity index (χ4v) is 0.971. The second-order valence-corrected chi connectivity index (χ2v) is 2.36. The van der Waals surface area contributed by atoms with Crippen molar-refractivity contribution in [2.24, 2.45) is 5.73 Å². The van der Waals surface area contributed by atoms with Crippen molar-refractivity contribution in [2.75, 3.05) is 0 Å². The summed E-state index contributed by atoms with van der Waals surface area (Å²) in [7, 11) is 0. The van der Waals surface area contributed by atoms with E-state index >= 15 is 0 Å². The molecule has 1 rings (SSSR count). The number of hydrogen-bond donors (Lipinski definition) is 1. The second-order valence-electron chi connectivity index (χ2n) is 2.36. The molecule has 0 aliphatic carbocycles. The summed E-state index contributed by atoms with van der Waals surface area (Å²) in [5, 5.41) is 10.4. The molecule has 2 N–H and O–H groups in total. The summed E-state index contributed by atoms with van der Waals surface area (Å²) in [5.41, 5.74) is 6.53. The zero-order valence-corrected chi connectivity index (χ0v) is 6.65. The number of nitro groups is 1. The largest absolute Gasteiger partial charge is 0.325 e. The third-order valence-corrected chi connectivity index (χ3v) is 1.67. The summed E-state index contributed by atoms with van der Waals surface area (Å²) in [4.78, 5) is 13.9. The first-order valence-electron chi connectivity index (χ1n) is 3.45. The molecule has 0 radical (unpaired) electrons. The molecule has 0 saturated heterocycles. The zero-order chi connectivity index (χ0) is 9.14. The molecular weight excluding hydrogens is 158 g/mol. The molecule has 0 saturated carbocycles. The molecule has 5 nitrogen and oxygen atoms in total. The molecule has 0 fully saturated rings. The van der Waals surface area contributed by atoms with Crippen LogP contribution < -0.4 is 5.73 Å². The Morgan fingerprint density at radius 3 is 2.92 bits per heavy atom. The average Bonchev–Trinajstić information content (AvgIpc) is 2.04. The summed E-state index contributed by atoms with van der Waals surface area (Å²) in [6, 6.07) is 1.37. The number of nitrogens with two attached hydrogens (primary N) is 1. The van der Waals surface area contributed by atoms with Gasteiger partial charge in [0.2, 0.25) is 0 Å². The molecule has 1 aromatic rings. The Morgan fingerprint density at radius 2 is 2.42 bits per heavy atom. The van der Waals surface area contributed by atoms with Crippen LogP contribution >= 0.6 is 0 Å². The predicted molar refractivity (Wildman–Crippen MR) is 43.5 cm³/mol. The molecule has 1 heterocycles. The third kappa shape index (κ3) is 1.40. The van der Waals surface area contributed by atoms with Gasteiger partial charge in [-0.3, -0.25) is 15.1 Å². The SMILES string of the molecule is Cc1c([N+](=O)[O-])ccnc1CN. The molecule has 0 aliphatic rings. The lowest BCUT2D eigenvalue weighted by Crippen LogP contribution is -2.04. The van der Waals surface area contributed by atoms with Gasteiger partial charge < -0.3 is 5.73 Å². The maximum atomic E-state index is 10.4. The molecule has 0 unspecified atom stereocenters. The van der Waals surface area contributed by atoms with Crippen LogP contribution in [-0.4, -0.2) is 9.91 Å². The fourth-order valence-electron chi connectivity index (χ4n) is 0.971. The van der Waals surface area contributed by atoms with E-state index in [1.807, 2.05) is 0 Å². The summed E-state index contributed by atoms with van der Waals surface area (Å²) >= 11 is 0. The van der Waals surface area contributed by atoms with Crippen molar-refractivity contribution in [2.45, 2.75) is 13.5 Å². The molecule has 5 heteroatoms. The standard InChI is InChI=1S/C7H9N3O2/c1-5-6(4-8)9-3-2-7(5)10(11)12/h2-3H,4,8H2,1H3. The maximum Gasteiger partial charge on any atom is 0.275 e. The number of rotatable bonds is 2. The lowest BCUT2D eigenvalue weighted by Gasteiger charge is -2.00. The Hall–Kier alpha value is -1.49. The molecule has 0 bridgehead atoms. The highest BCUT2D eigenvalue weighted by Crippen LogP contribution is 2.18. The van der Waals surface area contributed by atoms with Gasteiger partial charge in [-0.2, -0.15) is 0 Å². The van der Waals surface area contributed by atoms with E-state index in [4.69, 9.17) is 5.73 Å². The zero-order valence-electron chi connectivity index (χ0n) is 6.65. The molecule has 0 atom stereocenters. The monoisotopic (exact) mass is 167 g/mol. The molecular formula is C7H9N3O2. The van der Waals surface area contributed by atoms with E-state index in [0.29, 0.717) is 11.3 Å². The van der Waals surface area contributed by atoms with Crippen LogP contribution in [0.1, 0.15) is 11.3 Å². The van der Waals surface area contributed by atoms with Crippen molar-refractivity contribution in [1.82, 2.24) is 4.98 Å². The summed E-state index contributed by atoms with van der Waals surface area (Å²) in [6.07, 6.45) is 1.40. The molecule has 0 spiro atoms. The average molecular weight is 167 g/mol. The van der Waals surface area contributed by atoms with Gasteiger partial charge >= 0.3 is 0 Å². The fraction of sp³-hybridized carbons (Fsp3) is 0.286. The minimum absolute atomic E-state index is 0.0745. The summed E-state index contributed by atoms with van der Waals surface area (Å²) in [6.45, 7) is 1.88. The summed E-state index contributed by atoms with van der Waals surface area (Å²) in [5.74, 6) is 0. The van der Waals surface area contributed by atoms with Gasteiger partial charge in [0.05, 0.1) is 10.6 Å². The molecule has 12 heavy (non-hydrogen) atoms. The summed E-state index contributed by atoms with van der Waals surface area (Å²) < 4.78 is 0. The maximum absolute atomic E-state index is 10.4. The van der Waals surface area contributed by atoms with Gasteiger partial charge in [0.15, 0.2) is 0 Å². The molecule has 0 aliphatic heterocycles. The topological polar surface area (TPSA) is 82.0 Å². The molecule has 0 aromatic carbocycles. The number of pyridine rings is 1. The van der Waals surface area contributed by atoms with Crippen LogP contribution in [0.25, 0.3) is 0 Å².